The van der Waals surface area contributed by atoms with Gasteiger partial charge in [0.2, 0.25) is 0 Å². The predicted molar refractivity (Wildman–Crippen MR) is 44.6 cm³/mol. The van der Waals surface area contributed by atoms with Crippen molar-refractivity contribution in [1.82, 2.24) is 4.98 Å². The molecule has 1 rings (SSSR count). The van der Waals surface area contributed by atoms with Crippen LogP contribution >= 0.6 is 11.6 Å². The van der Waals surface area contributed by atoms with Gasteiger partial charge in [0.25, 0.3) is 0 Å². The number of pyridine rings is 1. The molecule has 0 amide bonds. The molecule has 0 radical (unpaired) electrons. The lowest BCUT2D eigenvalue weighted by atomic mass is 10.4. The molecule has 1 heterocycles. The summed E-state index contributed by atoms with van der Waals surface area (Å²) in [7, 11) is 0. The van der Waals surface area contributed by atoms with E-state index < -0.39 is 6.23 Å². The Bertz CT molecular complexity index is 222. The normalized spacial score (nSPS) is 12.6. The number of halogens is 1. The molecular weight excluding hydrogens is 164 g/mol. The minimum Gasteiger partial charge on any atom is -0.374 e. The molecule has 11 heavy (non-hydrogen) atoms. The van der Waals surface area contributed by atoms with E-state index in [2.05, 4.69) is 10.3 Å². The van der Waals surface area contributed by atoms with Crippen molar-refractivity contribution in [3.05, 3.63) is 23.4 Å². The molecule has 1 aromatic heterocycles. The average molecular weight is 173 g/mol. The highest BCUT2D eigenvalue weighted by atomic mass is 35.5. The Morgan fingerprint density at radius 3 is 2.82 bits per heavy atom. The monoisotopic (exact) mass is 172 g/mol. The maximum atomic E-state index is 8.89. The second-order valence-electron chi connectivity index (χ2n) is 2.18. The zero-order valence-corrected chi connectivity index (χ0v) is 6.84. The molecule has 0 aliphatic rings. The van der Waals surface area contributed by atoms with Crippen molar-refractivity contribution in [3.8, 4) is 0 Å². The van der Waals surface area contributed by atoms with Gasteiger partial charge < -0.3 is 10.4 Å². The maximum Gasteiger partial charge on any atom is 0.127 e. The number of aromatic nitrogens is 1. The summed E-state index contributed by atoms with van der Waals surface area (Å²) in [5.41, 5.74) is 0. The van der Waals surface area contributed by atoms with Gasteiger partial charge in [-0.3, -0.25) is 0 Å². The van der Waals surface area contributed by atoms with Crippen LogP contribution in [-0.4, -0.2) is 16.3 Å². The molecule has 0 aliphatic heterocycles. The van der Waals surface area contributed by atoms with Crippen LogP contribution in [0.25, 0.3) is 0 Å². The molecule has 3 nitrogen and oxygen atoms in total. The van der Waals surface area contributed by atoms with Crippen LogP contribution in [0.1, 0.15) is 6.92 Å². The average Bonchev–Trinajstić information content (AvgIpc) is 1.93. The Balaban J connectivity index is 2.66. The number of aliphatic hydroxyl groups is 1. The molecule has 1 aromatic rings. The fraction of sp³-hybridized carbons (Fsp3) is 0.286. The molecule has 0 saturated heterocycles. The van der Waals surface area contributed by atoms with E-state index in [-0.39, 0.29) is 0 Å². The van der Waals surface area contributed by atoms with E-state index in [0.29, 0.717) is 10.8 Å². The second-order valence-corrected chi connectivity index (χ2v) is 2.62. The Morgan fingerprint density at radius 2 is 2.36 bits per heavy atom. The van der Waals surface area contributed by atoms with Crippen molar-refractivity contribution < 1.29 is 5.11 Å². The number of anilines is 1. The van der Waals surface area contributed by atoms with E-state index in [0.717, 1.165) is 0 Å². The van der Waals surface area contributed by atoms with Crippen LogP contribution < -0.4 is 5.32 Å². The van der Waals surface area contributed by atoms with Crippen molar-refractivity contribution in [3.63, 3.8) is 0 Å². The Hall–Kier alpha value is -0.800. The lowest BCUT2D eigenvalue weighted by Gasteiger charge is -2.06. The standard InChI is InChI=1S/C7H9ClN2O/c1-5(11)10-7-3-2-6(8)4-9-7/h2-5,11H,1H3,(H,9,10). The van der Waals surface area contributed by atoms with E-state index in [9.17, 15) is 0 Å². The zero-order valence-electron chi connectivity index (χ0n) is 6.08. The van der Waals surface area contributed by atoms with Gasteiger partial charge in [-0.15, -0.1) is 0 Å². The van der Waals surface area contributed by atoms with E-state index in [1.165, 1.54) is 6.20 Å². The fourth-order valence-corrected chi connectivity index (χ4v) is 0.787. The van der Waals surface area contributed by atoms with Gasteiger partial charge in [-0.05, 0) is 19.1 Å². The van der Waals surface area contributed by atoms with Crippen LogP contribution in [0.2, 0.25) is 5.02 Å². The van der Waals surface area contributed by atoms with Gasteiger partial charge in [0.1, 0.15) is 12.0 Å². The molecule has 2 N–H and O–H groups in total. The first-order chi connectivity index (χ1) is 5.18. The quantitative estimate of drug-likeness (QED) is 0.665. The summed E-state index contributed by atoms with van der Waals surface area (Å²) in [5.74, 6) is 0.615. The van der Waals surface area contributed by atoms with Crippen LogP contribution in [0.4, 0.5) is 5.82 Å². The van der Waals surface area contributed by atoms with Crippen LogP contribution in [0.15, 0.2) is 18.3 Å². The van der Waals surface area contributed by atoms with E-state index in [1.807, 2.05) is 0 Å². The lowest BCUT2D eigenvalue weighted by Crippen LogP contribution is -2.13. The van der Waals surface area contributed by atoms with Gasteiger partial charge in [-0.25, -0.2) is 4.98 Å². The molecule has 0 fully saturated rings. The molecule has 60 valence electrons. The van der Waals surface area contributed by atoms with E-state index in [4.69, 9.17) is 16.7 Å². The van der Waals surface area contributed by atoms with Gasteiger partial charge in [0.05, 0.1) is 5.02 Å². The molecule has 0 aromatic carbocycles. The molecule has 0 saturated carbocycles. The third kappa shape index (κ3) is 2.74. The topological polar surface area (TPSA) is 45.1 Å². The summed E-state index contributed by atoms with van der Waals surface area (Å²) in [6, 6.07) is 3.41. The number of aliphatic hydroxyl groups excluding tert-OH is 1. The van der Waals surface area contributed by atoms with Crippen molar-refractivity contribution >= 4 is 17.4 Å². The number of nitrogens with zero attached hydrogens (tertiary/aromatic N) is 1. The summed E-state index contributed by atoms with van der Waals surface area (Å²) in [4.78, 5) is 3.92. The molecule has 1 unspecified atom stereocenters. The number of nitrogens with one attached hydrogen (secondary N) is 1. The lowest BCUT2D eigenvalue weighted by molar-refractivity contribution is 0.224. The van der Waals surface area contributed by atoms with Crippen LogP contribution in [0, 0.1) is 0 Å². The van der Waals surface area contributed by atoms with Crippen LogP contribution in [-0.2, 0) is 0 Å². The molecular formula is C7H9ClN2O. The smallest absolute Gasteiger partial charge is 0.127 e. The van der Waals surface area contributed by atoms with Crippen molar-refractivity contribution in [2.24, 2.45) is 0 Å². The largest absolute Gasteiger partial charge is 0.374 e. The first kappa shape index (κ1) is 8.30. The van der Waals surface area contributed by atoms with E-state index in [1.54, 1.807) is 19.1 Å². The van der Waals surface area contributed by atoms with Crippen LogP contribution in [0.3, 0.4) is 0 Å². The third-order valence-corrected chi connectivity index (χ3v) is 1.31. The van der Waals surface area contributed by atoms with Crippen LogP contribution in [0.5, 0.6) is 0 Å². The van der Waals surface area contributed by atoms with E-state index >= 15 is 0 Å². The Morgan fingerprint density at radius 1 is 1.64 bits per heavy atom. The molecule has 4 heteroatoms. The van der Waals surface area contributed by atoms with Gasteiger partial charge in [0, 0.05) is 6.20 Å². The highest BCUT2D eigenvalue weighted by Crippen LogP contribution is 2.09. The van der Waals surface area contributed by atoms with Gasteiger partial charge in [-0.1, -0.05) is 11.6 Å². The van der Waals surface area contributed by atoms with Gasteiger partial charge in [0.15, 0.2) is 0 Å². The zero-order chi connectivity index (χ0) is 8.27. The summed E-state index contributed by atoms with van der Waals surface area (Å²) >= 11 is 5.60. The molecule has 1 atom stereocenters. The molecule has 0 aliphatic carbocycles. The fourth-order valence-electron chi connectivity index (χ4n) is 0.675. The highest BCUT2D eigenvalue weighted by Gasteiger charge is 1.95. The molecule has 0 spiro atoms. The minimum absolute atomic E-state index is 0.584. The predicted octanol–water partition coefficient (Wildman–Crippen LogP) is 1.49. The highest BCUT2D eigenvalue weighted by molar-refractivity contribution is 6.30. The van der Waals surface area contributed by atoms with Crippen molar-refractivity contribution in [2.75, 3.05) is 5.32 Å². The van der Waals surface area contributed by atoms with Gasteiger partial charge in [-0.2, -0.15) is 0 Å². The minimum atomic E-state index is -0.594. The summed E-state index contributed by atoms with van der Waals surface area (Å²) in [6.45, 7) is 1.62. The first-order valence-corrected chi connectivity index (χ1v) is 3.62. The number of hydrogen-bond acceptors (Lipinski definition) is 3. The Kier molecular flexibility index (Phi) is 2.68. The first-order valence-electron chi connectivity index (χ1n) is 3.24. The Labute approximate surface area is 70.0 Å². The SMILES string of the molecule is CC(O)Nc1ccc(Cl)cn1. The van der Waals surface area contributed by atoms with Crippen molar-refractivity contribution in [2.45, 2.75) is 13.2 Å². The molecule has 0 bridgehead atoms. The number of rotatable bonds is 2. The summed E-state index contributed by atoms with van der Waals surface area (Å²) in [5, 5.41) is 12.2. The summed E-state index contributed by atoms with van der Waals surface area (Å²) < 4.78 is 0. The van der Waals surface area contributed by atoms with Gasteiger partial charge >= 0.3 is 0 Å². The third-order valence-electron chi connectivity index (χ3n) is 1.08. The second kappa shape index (κ2) is 3.55. The summed E-state index contributed by atoms with van der Waals surface area (Å²) in [6.07, 6.45) is 0.926. The maximum absolute atomic E-state index is 8.89. The van der Waals surface area contributed by atoms with Crippen molar-refractivity contribution in [1.29, 1.82) is 0 Å². The number of hydrogen-bond donors (Lipinski definition) is 2.